The molecule has 0 fully saturated rings. The molecule has 0 saturated carbocycles. The molecular weight excluding hydrogens is 298 g/mol. The lowest BCUT2D eigenvalue weighted by Crippen LogP contribution is -2.01. The molecule has 4 aromatic rings. The van der Waals surface area contributed by atoms with Gasteiger partial charge in [0.1, 0.15) is 11.3 Å². The molecule has 3 aromatic carbocycles. The molecule has 0 radical (unpaired) electrons. The van der Waals surface area contributed by atoms with Crippen LogP contribution >= 0.6 is 0 Å². The average Bonchev–Trinajstić information content (AvgIpc) is 2.63. The summed E-state index contributed by atoms with van der Waals surface area (Å²) in [7, 11) is 0. The average molecular weight is 313 g/mol. The molecule has 0 aliphatic rings. The Hall–Kier alpha value is -3.33. The van der Waals surface area contributed by atoms with Crippen LogP contribution in [-0.4, -0.2) is 0 Å². The lowest BCUT2D eigenvalue weighted by molar-refractivity contribution is 0.619. The van der Waals surface area contributed by atoms with Crippen molar-refractivity contribution in [2.24, 2.45) is 0 Å². The van der Waals surface area contributed by atoms with Crippen LogP contribution in [-0.2, 0) is 0 Å². The van der Waals surface area contributed by atoms with Crippen LogP contribution in [0.4, 0.5) is 11.4 Å². The van der Waals surface area contributed by atoms with Crippen molar-refractivity contribution in [3.05, 3.63) is 95.2 Å². The predicted octanol–water partition coefficient (Wildman–Crippen LogP) is 5.20. The number of benzene rings is 3. The second kappa shape index (κ2) is 6.05. The van der Waals surface area contributed by atoms with Crippen molar-refractivity contribution < 1.29 is 4.42 Å². The molecule has 0 bridgehead atoms. The molecule has 0 amide bonds. The van der Waals surface area contributed by atoms with Crippen LogP contribution in [0.15, 0.2) is 94.1 Å². The van der Waals surface area contributed by atoms with E-state index in [1.54, 1.807) is 12.1 Å². The normalized spacial score (nSPS) is 10.7. The summed E-state index contributed by atoms with van der Waals surface area (Å²) >= 11 is 0. The van der Waals surface area contributed by atoms with Crippen LogP contribution in [0.25, 0.3) is 22.3 Å². The Labute approximate surface area is 139 Å². The SMILES string of the molecule is O=c1cc(-c2ccccc2)oc2cc(Nc3ccccc3)ccc12. The van der Waals surface area contributed by atoms with Crippen molar-refractivity contribution in [3.8, 4) is 11.3 Å². The number of nitrogens with one attached hydrogen (secondary N) is 1. The van der Waals surface area contributed by atoms with Crippen molar-refractivity contribution in [1.82, 2.24) is 0 Å². The third kappa shape index (κ3) is 2.79. The minimum Gasteiger partial charge on any atom is -0.456 e. The molecule has 1 N–H and O–H groups in total. The topological polar surface area (TPSA) is 42.2 Å². The van der Waals surface area contributed by atoms with Gasteiger partial charge in [-0.3, -0.25) is 4.79 Å². The van der Waals surface area contributed by atoms with E-state index in [-0.39, 0.29) is 5.43 Å². The largest absolute Gasteiger partial charge is 0.456 e. The van der Waals surface area contributed by atoms with E-state index in [1.165, 1.54) is 0 Å². The molecule has 0 unspecified atom stereocenters. The van der Waals surface area contributed by atoms with Gasteiger partial charge >= 0.3 is 0 Å². The van der Waals surface area contributed by atoms with Gasteiger partial charge in [0.05, 0.1) is 5.39 Å². The molecule has 3 nitrogen and oxygen atoms in total. The maximum absolute atomic E-state index is 12.4. The Morgan fingerprint density at radius 2 is 1.42 bits per heavy atom. The van der Waals surface area contributed by atoms with Crippen LogP contribution in [0.1, 0.15) is 0 Å². The zero-order valence-electron chi connectivity index (χ0n) is 12.9. The van der Waals surface area contributed by atoms with Gasteiger partial charge in [0.15, 0.2) is 5.43 Å². The zero-order valence-corrected chi connectivity index (χ0v) is 12.9. The molecule has 0 saturated heterocycles. The first-order valence-corrected chi connectivity index (χ1v) is 7.75. The molecule has 0 atom stereocenters. The third-order valence-corrected chi connectivity index (χ3v) is 3.85. The summed E-state index contributed by atoms with van der Waals surface area (Å²) in [6.07, 6.45) is 0. The van der Waals surface area contributed by atoms with E-state index in [4.69, 9.17) is 4.42 Å². The highest BCUT2D eigenvalue weighted by molar-refractivity contribution is 5.83. The Bertz CT molecular complexity index is 1040. The monoisotopic (exact) mass is 313 g/mol. The van der Waals surface area contributed by atoms with E-state index in [9.17, 15) is 4.79 Å². The van der Waals surface area contributed by atoms with Crippen LogP contribution in [0.2, 0.25) is 0 Å². The van der Waals surface area contributed by atoms with Crippen molar-refractivity contribution in [3.63, 3.8) is 0 Å². The van der Waals surface area contributed by atoms with Crippen molar-refractivity contribution >= 4 is 22.3 Å². The fraction of sp³-hybridized carbons (Fsp3) is 0. The first-order valence-electron chi connectivity index (χ1n) is 7.75. The van der Waals surface area contributed by atoms with Crippen LogP contribution in [0.3, 0.4) is 0 Å². The molecule has 1 heterocycles. The van der Waals surface area contributed by atoms with Gasteiger partial charge < -0.3 is 9.73 Å². The Morgan fingerprint density at radius 1 is 0.708 bits per heavy atom. The third-order valence-electron chi connectivity index (χ3n) is 3.85. The van der Waals surface area contributed by atoms with E-state index in [1.807, 2.05) is 72.8 Å². The van der Waals surface area contributed by atoms with E-state index >= 15 is 0 Å². The van der Waals surface area contributed by atoms with Gasteiger partial charge in [0, 0.05) is 29.1 Å². The van der Waals surface area contributed by atoms with E-state index in [0.29, 0.717) is 16.7 Å². The van der Waals surface area contributed by atoms with Crippen LogP contribution < -0.4 is 10.7 Å². The van der Waals surface area contributed by atoms with Crippen molar-refractivity contribution in [2.75, 3.05) is 5.32 Å². The standard InChI is InChI=1S/C21H15NO2/c23-19-14-20(15-7-3-1-4-8-15)24-21-13-17(11-12-18(19)21)22-16-9-5-2-6-10-16/h1-14,22H. The molecule has 0 spiro atoms. The summed E-state index contributed by atoms with van der Waals surface area (Å²) < 4.78 is 5.97. The quantitative estimate of drug-likeness (QED) is 0.565. The zero-order chi connectivity index (χ0) is 16.4. The smallest absolute Gasteiger partial charge is 0.193 e. The van der Waals surface area contributed by atoms with E-state index < -0.39 is 0 Å². The Morgan fingerprint density at radius 3 is 2.17 bits per heavy atom. The summed E-state index contributed by atoms with van der Waals surface area (Å²) in [5.41, 5.74) is 3.28. The highest BCUT2D eigenvalue weighted by atomic mass is 16.3. The Kier molecular flexibility index (Phi) is 3.60. The molecule has 1 aromatic heterocycles. The summed E-state index contributed by atoms with van der Waals surface area (Å²) in [5, 5.41) is 3.89. The highest BCUT2D eigenvalue weighted by Gasteiger charge is 2.07. The molecule has 3 heteroatoms. The molecular formula is C21H15NO2. The molecule has 24 heavy (non-hydrogen) atoms. The summed E-state index contributed by atoms with van der Waals surface area (Å²) in [5.74, 6) is 0.574. The number of para-hydroxylation sites is 1. The van der Waals surface area contributed by atoms with Crippen molar-refractivity contribution in [2.45, 2.75) is 0 Å². The molecule has 0 aliphatic heterocycles. The summed E-state index contributed by atoms with van der Waals surface area (Å²) in [4.78, 5) is 12.4. The number of fused-ring (bicyclic) bond motifs is 1. The lowest BCUT2D eigenvalue weighted by Gasteiger charge is -2.08. The van der Waals surface area contributed by atoms with Gasteiger partial charge in [-0.25, -0.2) is 0 Å². The Balaban J connectivity index is 1.79. The lowest BCUT2D eigenvalue weighted by atomic mass is 10.1. The van der Waals surface area contributed by atoms with Gasteiger partial charge in [-0.15, -0.1) is 0 Å². The number of hydrogen-bond acceptors (Lipinski definition) is 3. The fourth-order valence-electron chi connectivity index (χ4n) is 2.67. The number of rotatable bonds is 3. The van der Waals surface area contributed by atoms with Gasteiger partial charge in [0.2, 0.25) is 0 Å². The minimum absolute atomic E-state index is 0.0404. The van der Waals surface area contributed by atoms with Crippen LogP contribution in [0, 0.1) is 0 Å². The van der Waals surface area contributed by atoms with Gasteiger partial charge in [-0.1, -0.05) is 48.5 Å². The minimum atomic E-state index is -0.0404. The number of hydrogen-bond donors (Lipinski definition) is 1. The van der Waals surface area contributed by atoms with Crippen LogP contribution in [0.5, 0.6) is 0 Å². The molecule has 0 aliphatic carbocycles. The van der Waals surface area contributed by atoms with Gasteiger partial charge in [0.25, 0.3) is 0 Å². The maximum Gasteiger partial charge on any atom is 0.193 e. The first kappa shape index (κ1) is 14.3. The molecule has 116 valence electrons. The number of anilines is 2. The second-order valence-corrected chi connectivity index (χ2v) is 5.54. The second-order valence-electron chi connectivity index (χ2n) is 5.54. The van der Waals surface area contributed by atoms with E-state index in [0.717, 1.165) is 16.9 Å². The maximum atomic E-state index is 12.4. The summed E-state index contributed by atoms with van der Waals surface area (Å²) in [6.45, 7) is 0. The van der Waals surface area contributed by atoms with E-state index in [2.05, 4.69) is 5.32 Å². The fourth-order valence-corrected chi connectivity index (χ4v) is 2.67. The summed E-state index contributed by atoms with van der Waals surface area (Å²) in [6, 6.07) is 26.6. The molecule has 4 rings (SSSR count). The van der Waals surface area contributed by atoms with Gasteiger partial charge in [-0.2, -0.15) is 0 Å². The highest BCUT2D eigenvalue weighted by Crippen LogP contribution is 2.25. The first-order chi connectivity index (χ1) is 11.8. The predicted molar refractivity (Wildman–Crippen MR) is 97.6 cm³/mol. The van der Waals surface area contributed by atoms with Gasteiger partial charge in [-0.05, 0) is 24.3 Å². The van der Waals surface area contributed by atoms with Crippen molar-refractivity contribution in [1.29, 1.82) is 0 Å².